The summed E-state index contributed by atoms with van der Waals surface area (Å²) in [5, 5.41) is 12.5. The van der Waals surface area contributed by atoms with E-state index in [0.29, 0.717) is 6.61 Å². The summed E-state index contributed by atoms with van der Waals surface area (Å²) in [5.41, 5.74) is 5.33. The smallest absolute Gasteiger partial charge is 0.304 e. The number of carbonyl (C=O) groups is 1. The second-order valence-corrected chi connectivity index (χ2v) is 8.43. The van der Waals surface area contributed by atoms with Gasteiger partial charge in [-0.05, 0) is 60.7 Å². The molecule has 2 heterocycles. The number of carboxylic acid groups (broad SMARTS) is 1. The summed E-state index contributed by atoms with van der Waals surface area (Å²) in [5.74, 6) is 5.35. The zero-order valence-electron chi connectivity index (χ0n) is 18.5. The van der Waals surface area contributed by atoms with Gasteiger partial charge in [-0.3, -0.25) is 9.78 Å². The molecule has 0 radical (unpaired) electrons. The monoisotopic (exact) mass is 475 g/mol. The lowest BCUT2D eigenvalue weighted by Gasteiger charge is -2.11. The molecule has 1 atom stereocenters. The first-order valence-electron chi connectivity index (χ1n) is 10.3. The van der Waals surface area contributed by atoms with Crippen LogP contribution in [0.25, 0.3) is 21.2 Å². The Labute approximate surface area is 204 Å². The third kappa shape index (κ3) is 5.75. The van der Waals surface area contributed by atoms with Crippen LogP contribution >= 0.6 is 24.8 Å². The van der Waals surface area contributed by atoms with Crippen molar-refractivity contribution in [3.8, 4) is 28.7 Å². The largest absolute Gasteiger partial charge is 0.489 e. The van der Waals surface area contributed by atoms with Crippen LogP contribution in [0.2, 0.25) is 0 Å². The second kappa shape index (κ2) is 11.0. The maximum absolute atomic E-state index is 11.1. The van der Waals surface area contributed by atoms with Crippen molar-refractivity contribution >= 4 is 40.9 Å². The molecule has 33 heavy (non-hydrogen) atoms. The molecule has 2 aromatic heterocycles. The van der Waals surface area contributed by atoms with Gasteiger partial charge in [-0.25, -0.2) is 0 Å². The number of fused-ring (bicyclic) bond motifs is 1. The zero-order valence-corrected chi connectivity index (χ0v) is 20.3. The maximum atomic E-state index is 11.1. The zero-order chi connectivity index (χ0) is 22.5. The molecule has 0 unspecified atom stereocenters. The van der Waals surface area contributed by atoms with Gasteiger partial charge in [-0.1, -0.05) is 30.2 Å². The lowest BCUT2D eigenvalue weighted by Crippen LogP contribution is -2.04. The van der Waals surface area contributed by atoms with Crippen molar-refractivity contribution in [3.63, 3.8) is 0 Å². The molecule has 4 nitrogen and oxygen atoms in total. The first kappa shape index (κ1) is 24.4. The van der Waals surface area contributed by atoms with Gasteiger partial charge >= 0.3 is 5.97 Å². The average molecular weight is 476 g/mol. The molecule has 0 spiro atoms. The Hall–Kier alpha value is -3.27. The van der Waals surface area contributed by atoms with Crippen molar-refractivity contribution in [2.45, 2.75) is 32.8 Å². The van der Waals surface area contributed by atoms with E-state index < -0.39 is 5.97 Å². The molecule has 2 aromatic carbocycles. The normalized spacial score (nSPS) is 11.2. The highest BCUT2D eigenvalue weighted by Crippen LogP contribution is 2.35. The van der Waals surface area contributed by atoms with Gasteiger partial charge in [0.15, 0.2) is 0 Å². The molecule has 0 aliphatic rings. The van der Waals surface area contributed by atoms with Crippen molar-refractivity contribution in [2.75, 3.05) is 0 Å². The van der Waals surface area contributed by atoms with Crippen LogP contribution in [0.3, 0.4) is 0 Å². The fraction of sp³-hybridized carbons (Fsp3) is 0.185. The van der Waals surface area contributed by atoms with Crippen LogP contribution in [0.15, 0.2) is 66.2 Å². The number of ether oxygens (including phenoxy) is 1. The minimum absolute atomic E-state index is 0. The molecule has 0 aliphatic heterocycles. The fourth-order valence-corrected chi connectivity index (χ4v) is 4.65. The molecular weight excluding hydrogens is 450 g/mol. The Morgan fingerprint density at radius 1 is 1.15 bits per heavy atom. The van der Waals surface area contributed by atoms with Crippen LogP contribution < -0.4 is 4.74 Å². The molecule has 1 N–H and O–H groups in total. The van der Waals surface area contributed by atoms with Gasteiger partial charge in [-0.2, -0.15) is 13.5 Å². The average Bonchev–Trinajstić information content (AvgIpc) is 3.21. The van der Waals surface area contributed by atoms with Crippen LogP contribution in [0, 0.1) is 18.8 Å². The molecule has 6 heteroatoms. The van der Waals surface area contributed by atoms with Gasteiger partial charge in [0.1, 0.15) is 12.4 Å². The number of pyridine rings is 1. The third-order valence-corrected chi connectivity index (χ3v) is 6.28. The highest BCUT2D eigenvalue weighted by molar-refractivity contribution is 7.59. The molecule has 168 valence electrons. The van der Waals surface area contributed by atoms with Crippen molar-refractivity contribution in [2.24, 2.45) is 0 Å². The molecule has 4 aromatic rings. The number of carboxylic acids is 1. The summed E-state index contributed by atoms with van der Waals surface area (Å²) < 4.78 is 7.24. The molecule has 0 amide bonds. The summed E-state index contributed by atoms with van der Waals surface area (Å²) in [7, 11) is 0. The summed E-state index contributed by atoms with van der Waals surface area (Å²) in [6.07, 6.45) is 1.80. The quantitative estimate of drug-likeness (QED) is 0.308. The van der Waals surface area contributed by atoms with E-state index in [9.17, 15) is 4.79 Å². The predicted molar refractivity (Wildman–Crippen MR) is 139 cm³/mol. The Morgan fingerprint density at radius 3 is 2.64 bits per heavy atom. The van der Waals surface area contributed by atoms with Gasteiger partial charge in [0, 0.05) is 33.1 Å². The molecule has 0 saturated carbocycles. The SMILES string of the molecule is CC#C[C@@H](CC(=O)O)c1ccc(OCc2ccc3scc(-c4cccnc4C)c3c2)cc1.S. The minimum atomic E-state index is -0.859. The lowest BCUT2D eigenvalue weighted by molar-refractivity contribution is -0.137. The molecule has 0 fully saturated rings. The van der Waals surface area contributed by atoms with E-state index in [4.69, 9.17) is 9.84 Å². The fourth-order valence-electron chi connectivity index (χ4n) is 3.71. The Morgan fingerprint density at radius 2 is 1.94 bits per heavy atom. The summed E-state index contributed by atoms with van der Waals surface area (Å²) in [4.78, 5) is 15.5. The number of aryl methyl sites for hydroxylation is 1. The van der Waals surface area contributed by atoms with Crippen LogP contribution in [0.5, 0.6) is 5.75 Å². The first-order valence-corrected chi connectivity index (χ1v) is 11.2. The van der Waals surface area contributed by atoms with E-state index in [-0.39, 0.29) is 25.8 Å². The first-order chi connectivity index (χ1) is 15.5. The van der Waals surface area contributed by atoms with Gasteiger partial charge < -0.3 is 9.84 Å². The van der Waals surface area contributed by atoms with Crippen molar-refractivity contribution in [3.05, 3.63) is 83.0 Å². The van der Waals surface area contributed by atoms with Crippen molar-refractivity contribution in [1.29, 1.82) is 0 Å². The highest BCUT2D eigenvalue weighted by atomic mass is 32.1. The van der Waals surface area contributed by atoms with E-state index in [1.807, 2.05) is 43.5 Å². The standard InChI is InChI=1S/C27H23NO3S.H2S/c1-3-5-21(15-27(29)30)20-8-10-22(11-9-20)31-16-19-7-12-26-24(14-19)25(17-32-26)23-6-4-13-28-18(23)2;/h4,6-14,17,21H,15-16H2,1-2H3,(H,29,30);1H2/t21-;/m0./s1. The molecule has 0 bridgehead atoms. The summed E-state index contributed by atoms with van der Waals surface area (Å²) >= 11 is 1.73. The van der Waals surface area contributed by atoms with E-state index >= 15 is 0 Å². The van der Waals surface area contributed by atoms with Crippen molar-refractivity contribution in [1.82, 2.24) is 4.98 Å². The summed E-state index contributed by atoms with van der Waals surface area (Å²) in [6, 6.07) is 18.0. The number of aliphatic carboxylic acids is 1. The van der Waals surface area contributed by atoms with E-state index in [0.717, 1.165) is 28.1 Å². The van der Waals surface area contributed by atoms with Gasteiger partial charge in [0.2, 0.25) is 0 Å². The van der Waals surface area contributed by atoms with E-state index in [1.165, 1.54) is 15.6 Å². The minimum Gasteiger partial charge on any atom is -0.489 e. The molecular formula is C27H25NO3S2. The second-order valence-electron chi connectivity index (χ2n) is 7.52. The molecule has 0 saturated heterocycles. The summed E-state index contributed by atoms with van der Waals surface area (Å²) in [6.45, 7) is 4.20. The Balaban J connectivity index is 0.00000306. The molecule has 4 rings (SSSR count). The topological polar surface area (TPSA) is 59.4 Å². The predicted octanol–water partition coefficient (Wildman–Crippen LogP) is 6.55. The van der Waals surface area contributed by atoms with Crippen LogP contribution in [0.4, 0.5) is 0 Å². The van der Waals surface area contributed by atoms with Gasteiger partial charge in [-0.15, -0.1) is 17.3 Å². The van der Waals surface area contributed by atoms with Gasteiger partial charge in [0.05, 0.1) is 12.3 Å². The Bertz CT molecular complexity index is 1320. The van der Waals surface area contributed by atoms with Crippen LogP contribution in [-0.4, -0.2) is 16.1 Å². The van der Waals surface area contributed by atoms with Crippen LogP contribution in [-0.2, 0) is 11.4 Å². The lowest BCUT2D eigenvalue weighted by atomic mass is 9.96. The van der Waals surface area contributed by atoms with Crippen molar-refractivity contribution < 1.29 is 14.6 Å². The number of thiophene rings is 1. The third-order valence-electron chi connectivity index (χ3n) is 5.32. The number of aromatic nitrogens is 1. The van der Waals surface area contributed by atoms with E-state index in [2.05, 4.69) is 46.5 Å². The highest BCUT2D eigenvalue weighted by Gasteiger charge is 2.13. The number of benzene rings is 2. The molecule has 0 aliphatic carbocycles. The maximum Gasteiger partial charge on any atom is 0.304 e. The van der Waals surface area contributed by atoms with Crippen LogP contribution in [0.1, 0.15) is 36.1 Å². The number of nitrogens with zero attached hydrogens (tertiary/aromatic N) is 1. The Kier molecular flexibility index (Phi) is 8.16. The number of hydrogen-bond donors (Lipinski definition) is 1. The number of hydrogen-bond acceptors (Lipinski definition) is 4. The number of rotatable bonds is 7. The van der Waals surface area contributed by atoms with E-state index in [1.54, 1.807) is 18.3 Å². The van der Waals surface area contributed by atoms with Gasteiger partial charge in [0.25, 0.3) is 0 Å².